The average Bonchev–Trinajstić information content (AvgIpc) is 3.22. The normalized spacial score (nSPS) is 27.1. The summed E-state index contributed by atoms with van der Waals surface area (Å²) in [7, 11) is 0. The summed E-state index contributed by atoms with van der Waals surface area (Å²) in [6.07, 6.45) is 3.12. The number of halogens is 1. The summed E-state index contributed by atoms with van der Waals surface area (Å²) in [5, 5.41) is 38.4. The van der Waals surface area contributed by atoms with Crippen LogP contribution in [0.2, 0.25) is 0 Å². The van der Waals surface area contributed by atoms with Crippen LogP contribution in [0, 0.1) is 5.92 Å². The Morgan fingerprint density at radius 1 is 1.25 bits per heavy atom. The van der Waals surface area contributed by atoms with E-state index >= 15 is 0 Å². The van der Waals surface area contributed by atoms with Crippen LogP contribution in [0.3, 0.4) is 0 Å². The summed E-state index contributed by atoms with van der Waals surface area (Å²) < 4.78 is 0. The van der Waals surface area contributed by atoms with Crippen molar-refractivity contribution in [3.05, 3.63) is 21.9 Å². The van der Waals surface area contributed by atoms with E-state index in [1.54, 1.807) is 11.6 Å². The Labute approximate surface area is 171 Å². The van der Waals surface area contributed by atoms with Gasteiger partial charge in [0.2, 0.25) is 5.95 Å². The lowest BCUT2D eigenvalue weighted by Gasteiger charge is -2.27. The molecule has 6 N–H and O–H groups in total. The molecule has 2 fully saturated rings. The van der Waals surface area contributed by atoms with Crippen LogP contribution in [0.15, 0.2) is 16.4 Å². The Balaban J connectivity index is 0.00000225. The molecule has 2 aromatic rings. The van der Waals surface area contributed by atoms with Gasteiger partial charge in [-0.2, -0.15) is 4.98 Å². The van der Waals surface area contributed by atoms with Crippen LogP contribution in [0.5, 0.6) is 0 Å². The predicted molar refractivity (Wildman–Crippen MR) is 109 cm³/mol. The first-order valence-corrected chi connectivity index (χ1v) is 9.99. The Morgan fingerprint density at radius 2 is 2.04 bits per heavy atom. The lowest BCUT2D eigenvalue weighted by molar-refractivity contribution is 0.00446. The number of nitrogens with one attached hydrogen (secondary N) is 3. The number of aliphatic hydroxyl groups excluding tert-OH is 3. The van der Waals surface area contributed by atoms with Crippen molar-refractivity contribution in [2.75, 3.05) is 17.2 Å². The molecule has 0 aliphatic heterocycles. The molecule has 28 heavy (non-hydrogen) atoms. The maximum Gasteiger partial charge on any atom is 0.264 e. The number of rotatable bonds is 6. The zero-order valence-corrected chi connectivity index (χ0v) is 16.7. The van der Waals surface area contributed by atoms with Gasteiger partial charge in [-0.05, 0) is 25.7 Å². The van der Waals surface area contributed by atoms with Gasteiger partial charge in [0.25, 0.3) is 5.56 Å². The third-order valence-electron chi connectivity index (χ3n) is 5.37. The molecular weight excluding hydrogens is 406 g/mol. The van der Waals surface area contributed by atoms with E-state index in [1.165, 1.54) is 11.3 Å². The number of hydrogen-bond donors (Lipinski definition) is 6. The molecule has 0 radical (unpaired) electrons. The molecule has 2 saturated carbocycles. The molecule has 0 saturated heterocycles. The van der Waals surface area contributed by atoms with Gasteiger partial charge in [0.15, 0.2) is 0 Å². The number of aliphatic hydroxyl groups is 3. The Hall–Kier alpha value is -1.72. The molecule has 2 heterocycles. The quantitative estimate of drug-likeness (QED) is 0.395. The predicted octanol–water partition coefficient (Wildman–Crippen LogP) is 0.794. The molecular formula is C17H24ClN5O4S. The fraction of sp³-hybridized carbons (Fsp3) is 0.588. The smallest absolute Gasteiger partial charge is 0.264 e. The third-order valence-corrected chi connectivity index (χ3v) is 6.16. The molecule has 2 aromatic heterocycles. The average molecular weight is 430 g/mol. The van der Waals surface area contributed by atoms with Gasteiger partial charge in [-0.1, -0.05) is 0 Å². The number of anilines is 2. The number of hydrogen-bond acceptors (Lipinski definition) is 9. The lowest BCUT2D eigenvalue weighted by Crippen LogP contribution is -2.36. The second kappa shape index (κ2) is 8.75. The van der Waals surface area contributed by atoms with E-state index in [0.717, 1.165) is 19.3 Å². The number of nitrogens with zero attached hydrogens (tertiary/aromatic N) is 2. The zero-order valence-electron chi connectivity index (χ0n) is 15.0. The highest BCUT2D eigenvalue weighted by Gasteiger charge is 2.41. The minimum atomic E-state index is -1.06. The van der Waals surface area contributed by atoms with Crippen LogP contribution in [0.4, 0.5) is 11.8 Å². The van der Waals surface area contributed by atoms with E-state index in [0.29, 0.717) is 34.8 Å². The molecule has 154 valence electrons. The SMILES string of the molecule is Cl.O=c1[nH]c(NC2CCC2)nc(N[C@@H]2C[C@H](CO)[C@@H](O)[C@H]2O)c1-c1nccs1. The van der Waals surface area contributed by atoms with Crippen molar-refractivity contribution in [2.45, 2.75) is 50.0 Å². The highest BCUT2D eigenvalue weighted by molar-refractivity contribution is 7.13. The summed E-state index contributed by atoms with van der Waals surface area (Å²) >= 11 is 1.32. The van der Waals surface area contributed by atoms with Crippen molar-refractivity contribution in [3.63, 3.8) is 0 Å². The summed E-state index contributed by atoms with van der Waals surface area (Å²) in [4.78, 5) is 24.2. The number of aromatic nitrogens is 3. The Kier molecular flexibility index (Phi) is 6.56. The fourth-order valence-corrected chi connectivity index (χ4v) is 4.24. The second-order valence-electron chi connectivity index (χ2n) is 7.16. The molecule has 4 atom stereocenters. The number of thiazole rings is 1. The first kappa shape index (κ1) is 21.0. The molecule has 4 rings (SSSR count). The Morgan fingerprint density at radius 3 is 2.61 bits per heavy atom. The van der Waals surface area contributed by atoms with Crippen LogP contribution >= 0.6 is 23.7 Å². The summed E-state index contributed by atoms with van der Waals surface area (Å²) in [6.45, 7) is -0.215. The summed E-state index contributed by atoms with van der Waals surface area (Å²) in [6, 6.07) is -0.230. The molecule has 11 heteroatoms. The molecule has 2 aliphatic carbocycles. The van der Waals surface area contributed by atoms with Crippen molar-refractivity contribution in [1.29, 1.82) is 0 Å². The van der Waals surface area contributed by atoms with Crippen LogP contribution in [-0.2, 0) is 0 Å². The highest BCUT2D eigenvalue weighted by atomic mass is 35.5. The summed E-state index contributed by atoms with van der Waals surface area (Å²) in [5.74, 6) is 0.264. The molecule has 9 nitrogen and oxygen atoms in total. The molecule has 0 unspecified atom stereocenters. The van der Waals surface area contributed by atoms with Crippen molar-refractivity contribution in [1.82, 2.24) is 15.0 Å². The minimum Gasteiger partial charge on any atom is -0.396 e. The molecule has 0 aromatic carbocycles. The number of H-pyrrole nitrogens is 1. The second-order valence-corrected chi connectivity index (χ2v) is 8.05. The Bertz CT molecular complexity index is 845. The first-order valence-electron chi connectivity index (χ1n) is 9.11. The van der Waals surface area contributed by atoms with Crippen LogP contribution < -0.4 is 16.2 Å². The van der Waals surface area contributed by atoms with Crippen molar-refractivity contribution in [3.8, 4) is 10.6 Å². The van der Waals surface area contributed by atoms with Gasteiger partial charge in [0.1, 0.15) is 22.5 Å². The standard InChI is InChI=1S/C17H23N5O4S.ClH/c23-7-8-6-10(13(25)12(8)24)20-14-11(16-18-4-5-27-16)15(26)22-17(21-14)19-9-2-1-3-9;/h4-5,8-10,12-13,23-25H,1-3,6-7H2,(H3,19,20,21,22,26);1H/t8-,10-,12-,13+;/m1./s1. The highest BCUT2D eigenvalue weighted by Crippen LogP contribution is 2.32. The zero-order chi connectivity index (χ0) is 19.0. The van der Waals surface area contributed by atoms with Gasteiger partial charge in [0, 0.05) is 30.1 Å². The fourth-order valence-electron chi connectivity index (χ4n) is 3.56. The van der Waals surface area contributed by atoms with Gasteiger partial charge in [-0.15, -0.1) is 23.7 Å². The first-order chi connectivity index (χ1) is 13.1. The molecule has 2 aliphatic rings. The van der Waals surface area contributed by atoms with Crippen LogP contribution in [0.1, 0.15) is 25.7 Å². The molecule has 0 amide bonds. The minimum absolute atomic E-state index is 0. The van der Waals surface area contributed by atoms with Gasteiger partial charge in [-0.3, -0.25) is 9.78 Å². The van der Waals surface area contributed by atoms with Crippen molar-refractivity contribution < 1.29 is 15.3 Å². The van der Waals surface area contributed by atoms with E-state index in [1.807, 2.05) is 0 Å². The van der Waals surface area contributed by atoms with Crippen LogP contribution in [-0.4, -0.2) is 61.2 Å². The van der Waals surface area contributed by atoms with E-state index in [4.69, 9.17) is 0 Å². The van der Waals surface area contributed by atoms with E-state index in [-0.39, 0.29) is 24.6 Å². The summed E-state index contributed by atoms with van der Waals surface area (Å²) in [5.41, 5.74) is -0.0192. The lowest BCUT2D eigenvalue weighted by atomic mass is 9.93. The van der Waals surface area contributed by atoms with E-state index in [9.17, 15) is 20.1 Å². The molecule has 0 bridgehead atoms. The largest absolute Gasteiger partial charge is 0.396 e. The van der Waals surface area contributed by atoms with Gasteiger partial charge >= 0.3 is 0 Å². The topological polar surface area (TPSA) is 143 Å². The monoisotopic (exact) mass is 429 g/mol. The van der Waals surface area contributed by atoms with Gasteiger partial charge in [0.05, 0.1) is 12.1 Å². The number of aromatic amines is 1. The molecule has 0 spiro atoms. The maximum atomic E-state index is 12.7. The third kappa shape index (κ3) is 4.01. The van der Waals surface area contributed by atoms with E-state index in [2.05, 4.69) is 25.6 Å². The van der Waals surface area contributed by atoms with Gasteiger partial charge in [-0.25, -0.2) is 4.98 Å². The van der Waals surface area contributed by atoms with Crippen molar-refractivity contribution in [2.24, 2.45) is 5.92 Å². The van der Waals surface area contributed by atoms with Crippen molar-refractivity contribution >= 4 is 35.5 Å². The van der Waals surface area contributed by atoms with Crippen LogP contribution in [0.25, 0.3) is 10.6 Å². The maximum absolute atomic E-state index is 12.7. The van der Waals surface area contributed by atoms with E-state index < -0.39 is 24.2 Å². The van der Waals surface area contributed by atoms with Gasteiger partial charge < -0.3 is 26.0 Å².